The van der Waals surface area contributed by atoms with Gasteiger partial charge in [-0.2, -0.15) is 5.10 Å². The molecule has 0 aliphatic carbocycles. The standard InChI is InChI=1S/C21H26N6O2/c1-3-27-11-9-19(23-27)22-21(29)18-14-26(13-12-24(18)2)20(28)15-25-10-8-16-6-4-5-7-17(16)25/h4-11,18H,3,12-15H2,1-2H3,(H,22,23,29). The van der Waals surface area contributed by atoms with Gasteiger partial charge < -0.3 is 14.8 Å². The van der Waals surface area contributed by atoms with Crippen LogP contribution in [0.5, 0.6) is 0 Å². The van der Waals surface area contributed by atoms with Gasteiger partial charge in [-0.25, -0.2) is 0 Å². The summed E-state index contributed by atoms with van der Waals surface area (Å²) < 4.78 is 3.72. The molecule has 152 valence electrons. The Morgan fingerprint density at radius 2 is 1.97 bits per heavy atom. The number of carbonyl (C=O) groups is 2. The molecule has 0 bridgehead atoms. The number of carbonyl (C=O) groups excluding carboxylic acids is 2. The van der Waals surface area contributed by atoms with E-state index in [2.05, 4.69) is 10.4 Å². The molecule has 3 aromatic rings. The Bertz CT molecular complexity index is 1020. The van der Waals surface area contributed by atoms with E-state index in [1.807, 2.05) is 66.2 Å². The van der Waals surface area contributed by atoms with Gasteiger partial charge in [0.1, 0.15) is 12.6 Å². The number of fused-ring (bicyclic) bond motifs is 1. The number of aryl methyl sites for hydroxylation is 1. The zero-order valence-corrected chi connectivity index (χ0v) is 16.8. The van der Waals surface area contributed by atoms with Crippen molar-refractivity contribution in [3.05, 3.63) is 48.8 Å². The number of hydrogen-bond acceptors (Lipinski definition) is 4. The van der Waals surface area contributed by atoms with Crippen molar-refractivity contribution in [1.82, 2.24) is 24.1 Å². The third kappa shape index (κ3) is 4.02. The molecular weight excluding hydrogens is 368 g/mol. The molecule has 1 fully saturated rings. The number of anilines is 1. The van der Waals surface area contributed by atoms with Gasteiger partial charge in [0.05, 0.1) is 0 Å². The van der Waals surface area contributed by atoms with Crippen molar-refractivity contribution >= 4 is 28.5 Å². The van der Waals surface area contributed by atoms with Gasteiger partial charge in [-0.3, -0.25) is 19.2 Å². The smallest absolute Gasteiger partial charge is 0.244 e. The highest BCUT2D eigenvalue weighted by Gasteiger charge is 2.32. The fraction of sp³-hybridized carbons (Fsp3) is 0.381. The molecule has 8 nitrogen and oxygen atoms in total. The summed E-state index contributed by atoms with van der Waals surface area (Å²) in [5.74, 6) is 0.415. The summed E-state index contributed by atoms with van der Waals surface area (Å²) in [5, 5.41) is 8.29. The maximum Gasteiger partial charge on any atom is 0.244 e. The number of benzene rings is 1. The Labute approximate surface area is 169 Å². The molecule has 0 saturated carbocycles. The van der Waals surface area contributed by atoms with Crippen LogP contribution in [0, 0.1) is 0 Å². The number of piperazine rings is 1. The van der Waals surface area contributed by atoms with Crippen LogP contribution in [-0.4, -0.2) is 68.7 Å². The van der Waals surface area contributed by atoms with Gasteiger partial charge >= 0.3 is 0 Å². The lowest BCUT2D eigenvalue weighted by molar-refractivity contribution is -0.136. The molecule has 1 aromatic carbocycles. The largest absolute Gasteiger partial charge is 0.338 e. The molecule has 1 aliphatic rings. The lowest BCUT2D eigenvalue weighted by atomic mass is 10.1. The minimum atomic E-state index is -0.402. The minimum absolute atomic E-state index is 0.0208. The van der Waals surface area contributed by atoms with Crippen molar-refractivity contribution in [3.8, 4) is 0 Å². The first-order valence-electron chi connectivity index (χ1n) is 9.91. The van der Waals surface area contributed by atoms with E-state index in [-0.39, 0.29) is 18.4 Å². The molecule has 1 saturated heterocycles. The zero-order chi connectivity index (χ0) is 20.4. The summed E-state index contributed by atoms with van der Waals surface area (Å²) >= 11 is 0. The molecule has 1 aliphatic heterocycles. The van der Waals surface area contributed by atoms with E-state index >= 15 is 0 Å². The predicted molar refractivity (Wildman–Crippen MR) is 111 cm³/mol. The van der Waals surface area contributed by atoms with E-state index in [9.17, 15) is 9.59 Å². The minimum Gasteiger partial charge on any atom is -0.338 e. The molecule has 3 heterocycles. The highest BCUT2D eigenvalue weighted by atomic mass is 16.2. The second kappa shape index (κ2) is 8.08. The van der Waals surface area contributed by atoms with E-state index in [1.165, 1.54) is 0 Å². The van der Waals surface area contributed by atoms with Crippen molar-refractivity contribution in [2.45, 2.75) is 26.1 Å². The summed E-state index contributed by atoms with van der Waals surface area (Å²) in [7, 11) is 1.91. The van der Waals surface area contributed by atoms with Crippen LogP contribution >= 0.6 is 0 Å². The van der Waals surface area contributed by atoms with Crippen LogP contribution in [0.1, 0.15) is 6.92 Å². The molecule has 1 N–H and O–H groups in total. The van der Waals surface area contributed by atoms with Crippen molar-refractivity contribution in [2.75, 3.05) is 32.0 Å². The Hall–Kier alpha value is -3.13. The fourth-order valence-electron chi connectivity index (χ4n) is 3.72. The van der Waals surface area contributed by atoms with Gasteiger partial charge in [-0.15, -0.1) is 0 Å². The van der Waals surface area contributed by atoms with Crippen molar-refractivity contribution in [1.29, 1.82) is 0 Å². The Kier molecular flexibility index (Phi) is 5.35. The van der Waals surface area contributed by atoms with Crippen LogP contribution in [0.4, 0.5) is 5.82 Å². The van der Waals surface area contributed by atoms with Crippen molar-refractivity contribution in [2.24, 2.45) is 0 Å². The second-order valence-corrected chi connectivity index (χ2v) is 7.38. The second-order valence-electron chi connectivity index (χ2n) is 7.38. The lowest BCUT2D eigenvalue weighted by Crippen LogP contribution is -2.58. The van der Waals surface area contributed by atoms with Crippen molar-refractivity contribution < 1.29 is 9.59 Å². The highest BCUT2D eigenvalue weighted by molar-refractivity contribution is 5.94. The van der Waals surface area contributed by atoms with Crippen LogP contribution in [0.3, 0.4) is 0 Å². The first-order chi connectivity index (χ1) is 14.0. The highest BCUT2D eigenvalue weighted by Crippen LogP contribution is 2.16. The molecule has 8 heteroatoms. The van der Waals surface area contributed by atoms with Gasteiger partial charge in [0.25, 0.3) is 0 Å². The van der Waals surface area contributed by atoms with E-state index in [4.69, 9.17) is 0 Å². The van der Waals surface area contributed by atoms with Crippen molar-refractivity contribution in [3.63, 3.8) is 0 Å². The van der Waals surface area contributed by atoms with Gasteiger partial charge in [0, 0.05) is 50.2 Å². The normalized spacial score (nSPS) is 17.6. The van der Waals surface area contributed by atoms with E-state index < -0.39 is 6.04 Å². The summed E-state index contributed by atoms with van der Waals surface area (Å²) in [6.07, 6.45) is 3.77. The molecule has 0 radical (unpaired) electrons. The van der Waals surface area contributed by atoms with Crippen LogP contribution in [0.2, 0.25) is 0 Å². The third-order valence-electron chi connectivity index (χ3n) is 5.51. The predicted octanol–water partition coefficient (Wildman–Crippen LogP) is 1.64. The molecule has 29 heavy (non-hydrogen) atoms. The number of hydrogen-bond donors (Lipinski definition) is 1. The summed E-state index contributed by atoms with van der Waals surface area (Å²) in [6.45, 7) is 4.64. The molecular formula is C21H26N6O2. The maximum absolute atomic E-state index is 12.9. The lowest BCUT2D eigenvalue weighted by Gasteiger charge is -2.38. The first kappa shape index (κ1) is 19.2. The molecule has 1 atom stereocenters. The first-order valence-corrected chi connectivity index (χ1v) is 9.91. The SMILES string of the molecule is CCn1ccc(NC(=O)C2CN(C(=O)Cn3ccc4ccccc43)CCN2C)n1. The van der Waals surface area contributed by atoms with Crippen LogP contribution in [0.15, 0.2) is 48.8 Å². The van der Waals surface area contributed by atoms with Gasteiger partial charge in [-0.05, 0) is 31.5 Å². The maximum atomic E-state index is 12.9. The zero-order valence-electron chi connectivity index (χ0n) is 16.8. The monoisotopic (exact) mass is 394 g/mol. The number of amides is 2. The molecule has 2 aromatic heterocycles. The van der Waals surface area contributed by atoms with E-state index in [0.29, 0.717) is 25.5 Å². The topological polar surface area (TPSA) is 75.4 Å². The van der Waals surface area contributed by atoms with E-state index in [0.717, 1.165) is 17.4 Å². The number of para-hydroxylation sites is 1. The average molecular weight is 394 g/mol. The van der Waals surface area contributed by atoms with Gasteiger partial charge in [0.15, 0.2) is 5.82 Å². The summed E-state index contributed by atoms with van der Waals surface area (Å²) in [5.41, 5.74) is 1.04. The van der Waals surface area contributed by atoms with Gasteiger partial charge in [0.2, 0.25) is 11.8 Å². The quantitative estimate of drug-likeness (QED) is 0.714. The Morgan fingerprint density at radius 3 is 2.76 bits per heavy atom. The number of aromatic nitrogens is 3. The van der Waals surface area contributed by atoms with E-state index in [1.54, 1.807) is 15.6 Å². The number of nitrogens with one attached hydrogen (secondary N) is 1. The Balaban J connectivity index is 1.42. The summed E-state index contributed by atoms with van der Waals surface area (Å²) in [6, 6.07) is 11.4. The molecule has 2 amide bonds. The third-order valence-corrected chi connectivity index (χ3v) is 5.51. The number of rotatable bonds is 5. The molecule has 1 unspecified atom stereocenters. The van der Waals surface area contributed by atoms with Gasteiger partial charge in [-0.1, -0.05) is 18.2 Å². The Morgan fingerprint density at radius 1 is 1.14 bits per heavy atom. The average Bonchev–Trinajstić information content (AvgIpc) is 3.35. The number of likely N-dealkylation sites (N-methyl/N-ethyl adjacent to an activating group) is 1. The number of nitrogens with zero attached hydrogens (tertiary/aromatic N) is 5. The molecule has 0 spiro atoms. The van der Waals surface area contributed by atoms with Crippen LogP contribution in [-0.2, 0) is 22.7 Å². The summed E-state index contributed by atoms with van der Waals surface area (Å²) in [4.78, 5) is 29.5. The molecule has 4 rings (SSSR count). The fourth-order valence-corrected chi connectivity index (χ4v) is 3.72. The van der Waals surface area contributed by atoms with Crippen LogP contribution < -0.4 is 5.32 Å². The van der Waals surface area contributed by atoms with Crippen LogP contribution in [0.25, 0.3) is 10.9 Å².